The Morgan fingerprint density at radius 2 is 1.70 bits per heavy atom. The lowest BCUT2D eigenvalue weighted by Crippen LogP contribution is -2.47. The molecule has 1 aliphatic heterocycles. The fourth-order valence-corrected chi connectivity index (χ4v) is 3.21. The molecule has 1 amide bonds. The van der Waals surface area contributed by atoms with E-state index in [9.17, 15) is 4.79 Å². The normalized spacial score (nSPS) is 14.1. The van der Waals surface area contributed by atoms with E-state index in [1.54, 1.807) is 0 Å². The number of carbonyl (C=O) groups excluding carboxylic acids is 1. The molecule has 7 heteroatoms. The monoisotopic (exact) mass is 392 g/mol. The van der Waals surface area contributed by atoms with Crippen LogP contribution in [0.4, 0.5) is 11.5 Å². The van der Waals surface area contributed by atoms with Crippen molar-refractivity contribution < 1.29 is 10.3 Å². The van der Waals surface area contributed by atoms with Crippen molar-refractivity contribution in [2.75, 3.05) is 42.9 Å². The first-order chi connectivity index (χ1) is 12.1. The minimum Gasteiger partial charge on any atom is -0.412 e. The minimum absolute atomic E-state index is 0. The van der Waals surface area contributed by atoms with E-state index in [0.29, 0.717) is 6.42 Å². The zero-order valence-electron chi connectivity index (χ0n) is 15.9. The lowest BCUT2D eigenvalue weighted by Gasteiger charge is -2.35. The van der Waals surface area contributed by atoms with Gasteiger partial charge < -0.3 is 15.7 Å². The van der Waals surface area contributed by atoms with Crippen molar-refractivity contribution in [1.82, 2.24) is 9.88 Å². The van der Waals surface area contributed by atoms with Gasteiger partial charge in [0, 0.05) is 51.0 Å². The summed E-state index contributed by atoms with van der Waals surface area (Å²) in [5, 5.41) is 3.07. The summed E-state index contributed by atoms with van der Waals surface area (Å²) in [6, 6.07) is 12.1. The number of nitrogens with one attached hydrogen (secondary N) is 1. The minimum atomic E-state index is 0. The number of aromatic nitrogens is 1. The van der Waals surface area contributed by atoms with Gasteiger partial charge in [-0.05, 0) is 37.1 Å². The van der Waals surface area contributed by atoms with Gasteiger partial charge in [0.15, 0.2) is 0 Å². The summed E-state index contributed by atoms with van der Waals surface area (Å²) >= 11 is 0. The molecule has 1 fully saturated rings. The fraction of sp³-hybridized carbons (Fsp3) is 0.400. The van der Waals surface area contributed by atoms with Crippen LogP contribution in [-0.2, 0) is 4.79 Å². The lowest BCUT2D eigenvalue weighted by atomic mass is 10.1. The third kappa shape index (κ3) is 6.20. The molecule has 0 aliphatic carbocycles. The maximum Gasteiger partial charge on any atom is 0.225 e. The summed E-state index contributed by atoms with van der Waals surface area (Å²) in [7, 11) is 0. The van der Waals surface area contributed by atoms with Crippen molar-refractivity contribution in [2.45, 2.75) is 20.3 Å². The van der Waals surface area contributed by atoms with E-state index < -0.39 is 0 Å². The van der Waals surface area contributed by atoms with Gasteiger partial charge in [0.1, 0.15) is 5.82 Å². The molecule has 0 spiro atoms. The van der Waals surface area contributed by atoms with Gasteiger partial charge in [-0.2, -0.15) is 0 Å². The van der Waals surface area contributed by atoms with Gasteiger partial charge in [0.25, 0.3) is 0 Å². The molecule has 3 rings (SSSR count). The van der Waals surface area contributed by atoms with Crippen LogP contribution in [-0.4, -0.2) is 54.0 Å². The molecule has 1 aromatic carbocycles. The molecule has 0 saturated carbocycles. The number of anilines is 2. The highest BCUT2D eigenvalue weighted by molar-refractivity contribution is 5.92. The topological polar surface area (TPSA) is 80.0 Å². The first-order valence-electron chi connectivity index (χ1n) is 8.88. The second kappa shape index (κ2) is 10.9. The second-order valence-corrected chi connectivity index (χ2v) is 6.58. The SMILES string of the molecule is Cc1cccc(C)c1NC(=O)CCN1CCN(c2ccccn2)CC1.Cl.O. The number of benzene rings is 1. The van der Waals surface area contributed by atoms with Crippen LogP contribution in [0.5, 0.6) is 0 Å². The summed E-state index contributed by atoms with van der Waals surface area (Å²) in [4.78, 5) is 21.3. The van der Waals surface area contributed by atoms with Gasteiger partial charge in [-0.15, -0.1) is 12.4 Å². The molecule has 6 nitrogen and oxygen atoms in total. The Morgan fingerprint density at radius 1 is 1.04 bits per heavy atom. The van der Waals surface area contributed by atoms with E-state index in [-0.39, 0.29) is 23.8 Å². The Bertz CT molecular complexity index is 699. The molecule has 2 aromatic rings. The standard InChI is InChI=1S/C20H26N4O.ClH.H2O/c1-16-6-5-7-17(2)20(16)22-19(25)9-11-23-12-14-24(15-13-23)18-8-3-4-10-21-18;;/h3-8,10H,9,11-15H2,1-2H3,(H,22,25);1H;1H2. The molecule has 1 saturated heterocycles. The number of amides is 1. The van der Waals surface area contributed by atoms with E-state index in [4.69, 9.17) is 0 Å². The molecule has 1 aromatic heterocycles. The van der Waals surface area contributed by atoms with E-state index in [1.807, 2.05) is 56.4 Å². The molecule has 2 heterocycles. The van der Waals surface area contributed by atoms with E-state index in [2.05, 4.69) is 20.1 Å². The predicted molar refractivity (Wildman–Crippen MR) is 113 cm³/mol. The molecule has 0 bridgehead atoms. The van der Waals surface area contributed by atoms with Gasteiger partial charge in [-0.25, -0.2) is 4.98 Å². The van der Waals surface area contributed by atoms with Crippen LogP contribution in [0.25, 0.3) is 0 Å². The first-order valence-corrected chi connectivity index (χ1v) is 8.88. The number of aryl methyl sites for hydroxylation is 2. The Kier molecular flexibility index (Phi) is 9.21. The molecular formula is C20H29ClN4O2. The maximum atomic E-state index is 12.3. The van der Waals surface area contributed by atoms with Gasteiger partial charge >= 0.3 is 0 Å². The number of piperazine rings is 1. The molecular weight excluding hydrogens is 364 g/mol. The average molecular weight is 393 g/mol. The fourth-order valence-electron chi connectivity index (χ4n) is 3.21. The number of para-hydroxylation sites is 1. The average Bonchev–Trinajstić information content (AvgIpc) is 2.64. The van der Waals surface area contributed by atoms with Crippen molar-refractivity contribution in [3.63, 3.8) is 0 Å². The van der Waals surface area contributed by atoms with Crippen LogP contribution in [0.15, 0.2) is 42.6 Å². The van der Waals surface area contributed by atoms with Crippen LogP contribution in [0.2, 0.25) is 0 Å². The number of rotatable bonds is 5. The van der Waals surface area contributed by atoms with Crippen molar-refractivity contribution in [1.29, 1.82) is 0 Å². The van der Waals surface area contributed by atoms with Crippen LogP contribution in [0, 0.1) is 13.8 Å². The first kappa shape index (κ1) is 22.9. The van der Waals surface area contributed by atoms with Crippen molar-refractivity contribution in [3.05, 3.63) is 53.7 Å². The number of carbonyl (C=O) groups is 1. The highest BCUT2D eigenvalue weighted by Crippen LogP contribution is 2.19. The molecule has 0 unspecified atom stereocenters. The number of halogens is 1. The Labute approximate surface area is 167 Å². The second-order valence-electron chi connectivity index (χ2n) is 6.58. The summed E-state index contributed by atoms with van der Waals surface area (Å²) < 4.78 is 0. The van der Waals surface area contributed by atoms with Gasteiger partial charge in [0.05, 0.1) is 0 Å². The van der Waals surface area contributed by atoms with Crippen LogP contribution in [0.3, 0.4) is 0 Å². The largest absolute Gasteiger partial charge is 0.412 e. The summed E-state index contributed by atoms with van der Waals surface area (Å²) in [5.74, 6) is 1.12. The zero-order valence-corrected chi connectivity index (χ0v) is 16.8. The number of hydrogen-bond acceptors (Lipinski definition) is 4. The van der Waals surface area contributed by atoms with Gasteiger partial charge in [-0.1, -0.05) is 24.3 Å². The summed E-state index contributed by atoms with van der Waals surface area (Å²) in [5.41, 5.74) is 3.17. The van der Waals surface area contributed by atoms with Crippen molar-refractivity contribution in [2.24, 2.45) is 0 Å². The quantitative estimate of drug-likeness (QED) is 0.847. The third-order valence-electron chi connectivity index (χ3n) is 4.75. The molecule has 1 aliphatic rings. The van der Waals surface area contributed by atoms with E-state index in [0.717, 1.165) is 55.4 Å². The van der Waals surface area contributed by atoms with Gasteiger partial charge in [0.2, 0.25) is 5.91 Å². The highest BCUT2D eigenvalue weighted by Gasteiger charge is 2.18. The lowest BCUT2D eigenvalue weighted by molar-refractivity contribution is -0.116. The molecule has 0 atom stereocenters. The highest BCUT2D eigenvalue weighted by atomic mass is 35.5. The zero-order chi connectivity index (χ0) is 17.6. The molecule has 0 radical (unpaired) electrons. The maximum absolute atomic E-state index is 12.3. The predicted octanol–water partition coefficient (Wildman–Crippen LogP) is 2.45. The molecule has 27 heavy (non-hydrogen) atoms. The number of hydrogen-bond donors (Lipinski definition) is 1. The Morgan fingerprint density at radius 3 is 2.30 bits per heavy atom. The smallest absolute Gasteiger partial charge is 0.225 e. The van der Waals surface area contributed by atoms with Crippen LogP contribution >= 0.6 is 12.4 Å². The van der Waals surface area contributed by atoms with Gasteiger partial charge in [-0.3, -0.25) is 9.69 Å². The Hall–Kier alpha value is -2.15. The van der Waals surface area contributed by atoms with E-state index in [1.165, 1.54) is 0 Å². The Balaban J connectivity index is 0.00000182. The summed E-state index contributed by atoms with van der Waals surface area (Å²) in [6.07, 6.45) is 2.36. The summed E-state index contributed by atoms with van der Waals surface area (Å²) in [6.45, 7) is 8.69. The van der Waals surface area contributed by atoms with Crippen LogP contribution < -0.4 is 10.2 Å². The van der Waals surface area contributed by atoms with E-state index >= 15 is 0 Å². The van der Waals surface area contributed by atoms with Crippen molar-refractivity contribution >= 4 is 29.8 Å². The van der Waals surface area contributed by atoms with Crippen LogP contribution in [0.1, 0.15) is 17.5 Å². The number of pyridine rings is 1. The third-order valence-corrected chi connectivity index (χ3v) is 4.75. The number of nitrogens with zero attached hydrogens (tertiary/aromatic N) is 3. The van der Waals surface area contributed by atoms with Crippen molar-refractivity contribution in [3.8, 4) is 0 Å². The molecule has 148 valence electrons. The molecule has 3 N–H and O–H groups in total.